The Morgan fingerprint density at radius 2 is 1.77 bits per heavy atom. The van der Waals surface area contributed by atoms with Gasteiger partial charge in [0.15, 0.2) is 0 Å². The van der Waals surface area contributed by atoms with Gasteiger partial charge in [-0.2, -0.15) is 0 Å². The van der Waals surface area contributed by atoms with Crippen molar-refractivity contribution in [2.24, 2.45) is 7.05 Å². The van der Waals surface area contributed by atoms with E-state index in [2.05, 4.69) is 15.0 Å². The van der Waals surface area contributed by atoms with Crippen LogP contribution in [0.2, 0.25) is 0 Å². The Morgan fingerprint density at radius 3 is 2.33 bits per heavy atom. The molecule has 0 bridgehead atoms. The average Bonchev–Trinajstić information content (AvgIpc) is 3.11. The van der Waals surface area contributed by atoms with Crippen molar-refractivity contribution in [3.63, 3.8) is 0 Å². The van der Waals surface area contributed by atoms with Crippen LogP contribution in [0.5, 0.6) is 5.75 Å². The maximum Gasteiger partial charge on any atom is 0.255 e. The molecule has 2 N–H and O–H groups in total. The zero-order valence-corrected chi connectivity index (χ0v) is 17.8. The number of anilines is 1. The topological polar surface area (TPSA) is 102 Å². The Morgan fingerprint density at radius 1 is 1.10 bits per heavy atom. The molecule has 3 rings (SSSR count). The van der Waals surface area contributed by atoms with Gasteiger partial charge in [-0.1, -0.05) is 0 Å². The highest BCUT2D eigenvalue weighted by Gasteiger charge is 2.15. The Hall–Kier alpha value is -3.17. The Bertz CT molecular complexity index is 1100. The van der Waals surface area contributed by atoms with Gasteiger partial charge < -0.3 is 14.6 Å². The molecule has 0 atom stereocenters. The van der Waals surface area contributed by atoms with E-state index in [9.17, 15) is 13.2 Å². The lowest BCUT2D eigenvalue weighted by atomic mass is 10.2. The highest BCUT2D eigenvalue weighted by molar-refractivity contribution is 7.89. The summed E-state index contributed by atoms with van der Waals surface area (Å²) in [6, 6.07) is 12.6. The van der Waals surface area contributed by atoms with E-state index in [1.165, 1.54) is 12.1 Å². The second-order valence-corrected chi connectivity index (χ2v) is 8.74. The van der Waals surface area contributed by atoms with Crippen LogP contribution in [0.15, 0.2) is 65.8 Å². The van der Waals surface area contributed by atoms with Crippen molar-refractivity contribution in [1.82, 2.24) is 14.3 Å². The molecule has 0 saturated carbocycles. The summed E-state index contributed by atoms with van der Waals surface area (Å²) in [4.78, 5) is 16.8. The van der Waals surface area contributed by atoms with Gasteiger partial charge in [0.25, 0.3) is 5.91 Å². The molecular weight excluding hydrogens is 404 g/mol. The summed E-state index contributed by atoms with van der Waals surface area (Å²) in [6.45, 7) is 3.83. The van der Waals surface area contributed by atoms with Crippen LogP contribution >= 0.6 is 0 Å². The van der Waals surface area contributed by atoms with E-state index in [1.54, 1.807) is 56.4 Å². The third-order valence-electron chi connectivity index (χ3n) is 4.22. The molecule has 0 unspecified atom stereocenters. The molecule has 158 valence electrons. The number of benzene rings is 2. The lowest BCUT2D eigenvalue weighted by Gasteiger charge is -2.11. The number of carbonyl (C=O) groups is 1. The van der Waals surface area contributed by atoms with Gasteiger partial charge in [-0.05, 0) is 62.4 Å². The second-order valence-electron chi connectivity index (χ2n) is 7.02. The minimum absolute atomic E-state index is 0.142. The number of carbonyl (C=O) groups excluding carboxylic acids is 1. The number of nitrogens with zero attached hydrogens (tertiary/aromatic N) is 2. The number of imidazole rings is 1. The smallest absolute Gasteiger partial charge is 0.255 e. The molecule has 0 aliphatic carbocycles. The summed E-state index contributed by atoms with van der Waals surface area (Å²) in [5.74, 6) is 1.12. The first-order valence-electron chi connectivity index (χ1n) is 9.37. The monoisotopic (exact) mass is 428 g/mol. The van der Waals surface area contributed by atoms with Crippen LogP contribution in [0, 0.1) is 0 Å². The van der Waals surface area contributed by atoms with E-state index in [0.717, 1.165) is 5.82 Å². The molecular formula is C21H24N4O4S. The lowest BCUT2D eigenvalue weighted by molar-refractivity contribution is 0.102. The first-order chi connectivity index (χ1) is 14.2. The SMILES string of the molecule is CC(C)NS(=O)(=O)c1ccc(NC(=O)c2ccc(OCc3nccn3C)cc2)cc1. The number of nitrogens with one attached hydrogen (secondary N) is 2. The fraction of sp³-hybridized carbons (Fsp3) is 0.238. The molecule has 1 heterocycles. The number of sulfonamides is 1. The predicted molar refractivity (Wildman–Crippen MR) is 114 cm³/mol. The number of amides is 1. The third-order valence-corrected chi connectivity index (χ3v) is 5.89. The van der Waals surface area contributed by atoms with Crippen molar-refractivity contribution in [3.8, 4) is 5.75 Å². The molecule has 0 spiro atoms. The minimum Gasteiger partial charge on any atom is -0.486 e. The van der Waals surface area contributed by atoms with Gasteiger partial charge in [0.2, 0.25) is 10.0 Å². The molecule has 0 saturated heterocycles. The van der Waals surface area contributed by atoms with Crippen LogP contribution in [0.25, 0.3) is 0 Å². The van der Waals surface area contributed by atoms with Crippen molar-refractivity contribution in [2.45, 2.75) is 31.4 Å². The molecule has 8 nitrogen and oxygen atoms in total. The van der Waals surface area contributed by atoms with E-state index in [0.29, 0.717) is 23.6 Å². The first kappa shape index (κ1) is 21.5. The average molecular weight is 429 g/mol. The maximum absolute atomic E-state index is 12.4. The summed E-state index contributed by atoms with van der Waals surface area (Å²) >= 11 is 0. The maximum atomic E-state index is 12.4. The molecule has 0 aliphatic rings. The minimum atomic E-state index is -3.57. The fourth-order valence-corrected chi connectivity index (χ4v) is 3.94. The van der Waals surface area contributed by atoms with Crippen LogP contribution < -0.4 is 14.8 Å². The van der Waals surface area contributed by atoms with Crippen LogP contribution in [-0.2, 0) is 23.7 Å². The number of ether oxygens (including phenoxy) is 1. The number of hydrogen-bond donors (Lipinski definition) is 2. The number of hydrogen-bond acceptors (Lipinski definition) is 5. The molecule has 9 heteroatoms. The van der Waals surface area contributed by atoms with Gasteiger partial charge in [0.05, 0.1) is 4.90 Å². The van der Waals surface area contributed by atoms with Crippen LogP contribution in [0.3, 0.4) is 0 Å². The van der Waals surface area contributed by atoms with Crippen molar-refractivity contribution in [1.29, 1.82) is 0 Å². The van der Waals surface area contributed by atoms with E-state index >= 15 is 0 Å². The van der Waals surface area contributed by atoms with E-state index in [4.69, 9.17) is 4.74 Å². The molecule has 0 radical (unpaired) electrons. The standard InChI is InChI=1S/C21H24N4O4S/c1-15(2)24-30(27,28)19-10-6-17(7-11-19)23-21(26)16-4-8-18(9-5-16)29-14-20-22-12-13-25(20)3/h4-13,15,24H,14H2,1-3H3,(H,23,26). The van der Waals surface area contributed by atoms with Gasteiger partial charge in [0.1, 0.15) is 18.2 Å². The molecule has 1 amide bonds. The van der Waals surface area contributed by atoms with Crippen LogP contribution in [0.1, 0.15) is 30.0 Å². The van der Waals surface area contributed by atoms with Gasteiger partial charge >= 0.3 is 0 Å². The van der Waals surface area contributed by atoms with Crippen LogP contribution in [0.4, 0.5) is 5.69 Å². The van der Waals surface area contributed by atoms with E-state index < -0.39 is 10.0 Å². The summed E-state index contributed by atoms with van der Waals surface area (Å²) in [7, 11) is -1.68. The second kappa shape index (κ2) is 9.10. The van der Waals surface area contributed by atoms with Gasteiger partial charge in [-0.3, -0.25) is 4.79 Å². The van der Waals surface area contributed by atoms with Crippen molar-refractivity contribution >= 4 is 21.6 Å². The molecule has 0 aliphatic heterocycles. The van der Waals surface area contributed by atoms with Crippen LogP contribution in [-0.4, -0.2) is 29.9 Å². The normalized spacial score (nSPS) is 11.5. The quantitative estimate of drug-likeness (QED) is 0.574. The fourth-order valence-electron chi connectivity index (χ4n) is 2.69. The van der Waals surface area contributed by atoms with Crippen molar-refractivity contribution < 1.29 is 17.9 Å². The summed E-state index contributed by atoms with van der Waals surface area (Å²) in [6.07, 6.45) is 3.55. The molecule has 1 aromatic heterocycles. The zero-order valence-electron chi connectivity index (χ0n) is 17.0. The highest BCUT2D eigenvalue weighted by atomic mass is 32.2. The van der Waals surface area contributed by atoms with Gasteiger partial charge in [-0.15, -0.1) is 0 Å². The summed E-state index contributed by atoms with van der Waals surface area (Å²) in [5, 5.41) is 2.75. The number of aromatic nitrogens is 2. The predicted octanol–water partition coefficient (Wildman–Crippen LogP) is 2.94. The number of aryl methyl sites for hydroxylation is 1. The highest BCUT2D eigenvalue weighted by Crippen LogP contribution is 2.17. The summed E-state index contributed by atoms with van der Waals surface area (Å²) < 4.78 is 34.4. The van der Waals surface area contributed by atoms with Gasteiger partial charge in [0, 0.05) is 36.7 Å². The third kappa shape index (κ3) is 5.46. The first-order valence-corrected chi connectivity index (χ1v) is 10.9. The largest absolute Gasteiger partial charge is 0.486 e. The van der Waals surface area contributed by atoms with Crippen molar-refractivity contribution in [3.05, 3.63) is 72.3 Å². The Labute approximate surface area is 176 Å². The molecule has 2 aromatic carbocycles. The molecule has 0 fully saturated rings. The molecule has 3 aromatic rings. The van der Waals surface area contributed by atoms with Crippen molar-refractivity contribution in [2.75, 3.05) is 5.32 Å². The van der Waals surface area contributed by atoms with E-state index in [1.807, 2.05) is 17.8 Å². The van der Waals surface area contributed by atoms with Gasteiger partial charge in [-0.25, -0.2) is 18.1 Å². The lowest BCUT2D eigenvalue weighted by Crippen LogP contribution is -2.30. The Balaban J connectivity index is 1.60. The number of rotatable bonds is 8. The van der Waals surface area contributed by atoms with E-state index in [-0.39, 0.29) is 16.8 Å². The Kier molecular flexibility index (Phi) is 6.53. The molecule has 30 heavy (non-hydrogen) atoms. The summed E-state index contributed by atoms with van der Waals surface area (Å²) in [5.41, 5.74) is 0.955. The zero-order chi connectivity index (χ0) is 21.7.